The lowest BCUT2D eigenvalue weighted by atomic mass is 9.94. The molecule has 1 aliphatic carbocycles. The van der Waals surface area contributed by atoms with E-state index in [0.717, 1.165) is 48.4 Å². The van der Waals surface area contributed by atoms with Crippen LogP contribution in [0.4, 0.5) is 27.5 Å². The van der Waals surface area contributed by atoms with Crippen molar-refractivity contribution in [2.75, 3.05) is 24.2 Å². The average molecular weight is 608 g/mol. The van der Waals surface area contributed by atoms with Crippen LogP contribution >= 0.6 is 23.1 Å². The lowest BCUT2D eigenvalue weighted by Gasteiger charge is -2.34. The molecule has 3 rings (SSSR count). The third kappa shape index (κ3) is 10.2. The van der Waals surface area contributed by atoms with E-state index in [4.69, 9.17) is 4.74 Å². The SMILES string of the molecule is CC.CC(C)(CSc1cnc(NC(=O)N(CCOCc2ccc(F)cc2C(F)(F)F)C2CCCCC2)s1)C(=O)O. The molecule has 13 heteroatoms. The molecule has 1 heterocycles. The van der Waals surface area contributed by atoms with Crippen LogP contribution in [-0.4, -0.2) is 51.9 Å². The average Bonchev–Trinajstić information content (AvgIpc) is 3.36. The molecule has 1 aromatic carbocycles. The molecule has 1 aliphatic rings. The highest BCUT2D eigenvalue weighted by Gasteiger charge is 2.34. The van der Waals surface area contributed by atoms with Crippen molar-refractivity contribution in [2.45, 2.75) is 82.8 Å². The number of thiazole rings is 1. The molecule has 7 nitrogen and oxygen atoms in total. The van der Waals surface area contributed by atoms with Gasteiger partial charge < -0.3 is 14.7 Å². The quantitative estimate of drug-likeness (QED) is 0.153. The molecule has 1 fully saturated rings. The van der Waals surface area contributed by atoms with Gasteiger partial charge in [-0.05, 0) is 44.4 Å². The summed E-state index contributed by atoms with van der Waals surface area (Å²) in [5.74, 6) is -1.54. The van der Waals surface area contributed by atoms with E-state index in [0.29, 0.717) is 17.0 Å². The maximum atomic E-state index is 13.4. The first kappa shape index (κ1) is 33.8. The van der Waals surface area contributed by atoms with E-state index in [1.54, 1.807) is 24.9 Å². The van der Waals surface area contributed by atoms with Crippen molar-refractivity contribution in [1.29, 1.82) is 0 Å². The molecule has 0 atom stereocenters. The number of alkyl halides is 3. The van der Waals surface area contributed by atoms with Crippen LogP contribution in [-0.2, 0) is 22.3 Å². The topological polar surface area (TPSA) is 91.8 Å². The molecule has 1 aromatic heterocycles. The van der Waals surface area contributed by atoms with E-state index in [2.05, 4.69) is 10.3 Å². The number of carbonyl (C=O) groups is 2. The summed E-state index contributed by atoms with van der Waals surface area (Å²) in [7, 11) is 0. The number of aromatic nitrogens is 1. The van der Waals surface area contributed by atoms with Gasteiger partial charge in [-0.2, -0.15) is 13.2 Å². The number of carboxylic acids is 1. The zero-order chi connectivity index (χ0) is 29.9. The second-order valence-electron chi connectivity index (χ2n) is 9.73. The number of benzene rings is 1. The number of carboxylic acid groups (broad SMARTS) is 1. The summed E-state index contributed by atoms with van der Waals surface area (Å²) in [6.45, 7) is 7.07. The van der Waals surface area contributed by atoms with E-state index in [1.807, 2.05) is 13.8 Å². The smallest absolute Gasteiger partial charge is 0.416 e. The van der Waals surface area contributed by atoms with Gasteiger partial charge in [0.15, 0.2) is 5.13 Å². The van der Waals surface area contributed by atoms with Gasteiger partial charge >= 0.3 is 18.2 Å². The van der Waals surface area contributed by atoms with Gasteiger partial charge in [-0.25, -0.2) is 14.2 Å². The van der Waals surface area contributed by atoms with E-state index < -0.39 is 28.9 Å². The number of nitrogens with zero attached hydrogens (tertiary/aromatic N) is 2. The monoisotopic (exact) mass is 607 g/mol. The van der Waals surface area contributed by atoms with Crippen molar-refractivity contribution in [3.05, 3.63) is 41.3 Å². The maximum Gasteiger partial charge on any atom is 0.416 e. The lowest BCUT2D eigenvalue weighted by molar-refractivity contribution is -0.145. The first-order chi connectivity index (χ1) is 18.9. The summed E-state index contributed by atoms with van der Waals surface area (Å²) in [6.07, 6.45) is 1.52. The molecule has 2 aromatic rings. The Bertz CT molecular complexity index is 1110. The number of thioether (sulfide) groups is 1. The number of hydrogen-bond donors (Lipinski definition) is 2. The largest absolute Gasteiger partial charge is 0.481 e. The molecule has 2 N–H and O–H groups in total. The number of aliphatic carboxylic acids is 1. The van der Waals surface area contributed by atoms with Gasteiger partial charge in [-0.3, -0.25) is 10.1 Å². The highest BCUT2D eigenvalue weighted by Crippen LogP contribution is 2.34. The number of rotatable bonds is 11. The van der Waals surface area contributed by atoms with Gasteiger partial charge in [0, 0.05) is 18.3 Å². The van der Waals surface area contributed by atoms with E-state index >= 15 is 0 Å². The first-order valence-corrected chi connectivity index (χ1v) is 15.0. The number of carbonyl (C=O) groups excluding carboxylic acids is 1. The molecule has 1 saturated carbocycles. The van der Waals surface area contributed by atoms with E-state index in [1.165, 1.54) is 23.1 Å². The van der Waals surface area contributed by atoms with Gasteiger partial charge in [-0.1, -0.05) is 50.5 Å². The minimum atomic E-state index is -4.71. The molecule has 0 saturated heterocycles. The third-order valence-corrected chi connectivity index (χ3v) is 8.81. The predicted octanol–water partition coefficient (Wildman–Crippen LogP) is 7.91. The second-order valence-corrected chi connectivity index (χ2v) is 12.0. The Kier molecular flexibility index (Phi) is 13.2. The minimum absolute atomic E-state index is 0.00182. The van der Waals surface area contributed by atoms with Crippen molar-refractivity contribution in [3.8, 4) is 0 Å². The van der Waals surface area contributed by atoms with E-state index in [-0.39, 0.29) is 37.4 Å². The zero-order valence-corrected chi connectivity index (χ0v) is 24.8. The van der Waals surface area contributed by atoms with Crippen molar-refractivity contribution in [3.63, 3.8) is 0 Å². The van der Waals surface area contributed by atoms with E-state index in [9.17, 15) is 32.3 Å². The number of hydrogen-bond acceptors (Lipinski definition) is 6. The van der Waals surface area contributed by atoms with Crippen molar-refractivity contribution in [1.82, 2.24) is 9.88 Å². The number of anilines is 1. The first-order valence-electron chi connectivity index (χ1n) is 13.2. The predicted molar refractivity (Wildman–Crippen MR) is 149 cm³/mol. The minimum Gasteiger partial charge on any atom is -0.481 e. The zero-order valence-electron chi connectivity index (χ0n) is 23.1. The van der Waals surface area contributed by atoms with Crippen LogP contribution in [0.5, 0.6) is 0 Å². The molecule has 0 unspecified atom stereocenters. The van der Waals surface area contributed by atoms with Gasteiger partial charge in [0.25, 0.3) is 0 Å². The summed E-state index contributed by atoms with van der Waals surface area (Å²) in [6, 6.07) is 2.05. The third-order valence-electron chi connectivity index (χ3n) is 6.24. The van der Waals surface area contributed by atoms with Crippen LogP contribution in [0.1, 0.15) is 70.9 Å². The molecular formula is C27H37F4N3O4S2. The Morgan fingerprint density at radius 3 is 2.50 bits per heavy atom. The van der Waals surface area contributed by atoms with Crippen molar-refractivity contribution < 1.29 is 37.0 Å². The standard InChI is InChI=1S/C25H31F4N3O4S2.C2H6/c1-24(2,21(33)34)15-37-20-13-30-22(38-20)31-23(35)32(18-6-4-3-5-7-18)10-11-36-14-16-8-9-17(26)12-19(16)25(27,28)29;1-2/h8-9,12-13,18H,3-7,10-11,14-15H2,1-2H3,(H,33,34)(H,30,31,35);1-2H3. The molecule has 0 aliphatic heterocycles. The molecule has 224 valence electrons. The Hall–Kier alpha value is -2.38. The van der Waals surface area contributed by atoms with Crippen molar-refractivity contribution in [2.24, 2.45) is 5.41 Å². The van der Waals surface area contributed by atoms with Gasteiger partial charge in [-0.15, -0.1) is 11.8 Å². The summed E-state index contributed by atoms with van der Waals surface area (Å²) >= 11 is 2.59. The second kappa shape index (κ2) is 15.6. The number of ether oxygens (including phenoxy) is 1. The highest BCUT2D eigenvalue weighted by molar-refractivity contribution is 8.01. The summed E-state index contributed by atoms with van der Waals surface area (Å²) in [5, 5.41) is 12.4. The fourth-order valence-electron chi connectivity index (χ4n) is 3.99. The molecule has 40 heavy (non-hydrogen) atoms. The summed E-state index contributed by atoms with van der Waals surface area (Å²) in [4.78, 5) is 30.3. The van der Waals surface area contributed by atoms with Crippen LogP contribution < -0.4 is 5.32 Å². The summed E-state index contributed by atoms with van der Waals surface area (Å²) < 4.78 is 59.4. The van der Waals surface area contributed by atoms with Crippen molar-refractivity contribution >= 4 is 40.2 Å². The number of amides is 2. The fourth-order valence-corrected chi connectivity index (χ4v) is 5.93. The summed E-state index contributed by atoms with van der Waals surface area (Å²) in [5.41, 5.74) is -2.17. The molecule has 0 spiro atoms. The molecule has 0 radical (unpaired) electrons. The van der Waals surface area contributed by atoms with Crippen LogP contribution in [0.2, 0.25) is 0 Å². The Morgan fingerprint density at radius 2 is 1.88 bits per heavy atom. The molecule has 0 bridgehead atoms. The highest BCUT2D eigenvalue weighted by atomic mass is 32.2. The number of halogens is 4. The van der Waals surface area contributed by atoms with Gasteiger partial charge in [0.05, 0.1) is 34.6 Å². The van der Waals surface area contributed by atoms with Gasteiger partial charge in [0.2, 0.25) is 0 Å². The fraction of sp³-hybridized carbons (Fsp3) is 0.593. The lowest BCUT2D eigenvalue weighted by Crippen LogP contribution is -2.45. The van der Waals surface area contributed by atoms with Crippen LogP contribution in [0.3, 0.4) is 0 Å². The Labute approximate surface area is 240 Å². The molecular weight excluding hydrogens is 570 g/mol. The Morgan fingerprint density at radius 1 is 1.20 bits per heavy atom. The van der Waals surface area contributed by atoms with Crippen LogP contribution in [0.15, 0.2) is 28.6 Å². The Balaban J connectivity index is 0.00000274. The van der Waals surface area contributed by atoms with Crippen LogP contribution in [0, 0.1) is 11.2 Å². The molecule has 2 amide bonds. The maximum absolute atomic E-state index is 13.4. The number of nitrogens with one attached hydrogen (secondary N) is 1. The van der Waals surface area contributed by atoms with Crippen LogP contribution in [0.25, 0.3) is 0 Å². The number of urea groups is 1. The normalized spacial score (nSPS) is 14.3. The van der Waals surface area contributed by atoms with Gasteiger partial charge in [0.1, 0.15) is 5.82 Å².